The van der Waals surface area contributed by atoms with Crippen LogP contribution in [-0.2, 0) is 4.74 Å². The van der Waals surface area contributed by atoms with Crippen molar-refractivity contribution >= 4 is 17.7 Å². The molecule has 1 amide bonds. The van der Waals surface area contributed by atoms with E-state index in [0.29, 0.717) is 28.8 Å². The van der Waals surface area contributed by atoms with Crippen LogP contribution in [0.15, 0.2) is 48.5 Å². The van der Waals surface area contributed by atoms with E-state index in [2.05, 4.69) is 4.74 Å². The molecular formula is C16H16ClNO4. The molecule has 0 fully saturated rings. The Morgan fingerprint density at radius 2 is 1.77 bits per heavy atom. The molecule has 0 aliphatic heterocycles. The summed E-state index contributed by atoms with van der Waals surface area (Å²) >= 11 is 5.90. The zero-order valence-corrected chi connectivity index (χ0v) is 13.0. The quantitative estimate of drug-likeness (QED) is 0.760. The van der Waals surface area contributed by atoms with Gasteiger partial charge in [-0.15, -0.1) is 5.06 Å². The van der Waals surface area contributed by atoms with Crippen molar-refractivity contribution in [3.63, 3.8) is 0 Å². The van der Waals surface area contributed by atoms with E-state index in [0.717, 1.165) is 5.06 Å². The third kappa shape index (κ3) is 4.30. The second-order valence-corrected chi connectivity index (χ2v) is 4.72. The van der Waals surface area contributed by atoms with Crippen LogP contribution in [0.2, 0.25) is 5.02 Å². The highest BCUT2D eigenvalue weighted by molar-refractivity contribution is 6.30. The molecule has 5 nitrogen and oxygen atoms in total. The monoisotopic (exact) mass is 321 g/mol. The normalized spacial score (nSPS) is 9.95. The van der Waals surface area contributed by atoms with E-state index in [9.17, 15) is 4.79 Å². The summed E-state index contributed by atoms with van der Waals surface area (Å²) in [5.41, 5.74) is 0. The van der Waals surface area contributed by atoms with Gasteiger partial charge in [0.05, 0.1) is 13.7 Å². The average Bonchev–Trinajstić information content (AvgIpc) is 2.53. The number of ether oxygens (including phenoxy) is 2. The number of amides is 1. The fraction of sp³-hybridized carbons (Fsp3) is 0.188. The van der Waals surface area contributed by atoms with Crippen molar-refractivity contribution < 1.29 is 19.1 Å². The number of carbonyl (C=O) groups excluding carboxylic acids is 1. The third-order valence-corrected chi connectivity index (χ3v) is 2.97. The standard InChI is InChI=1S/C16H16ClNO4/c1-3-18(16(19)20-2)22-14-9-7-13(8-10-14)21-15-6-4-5-12(17)11-15/h4-11H,3H2,1-2H3. The van der Waals surface area contributed by atoms with Crippen LogP contribution in [0.25, 0.3) is 0 Å². The number of hydrogen-bond acceptors (Lipinski definition) is 4. The first kappa shape index (κ1) is 16.0. The largest absolute Gasteiger partial charge is 0.457 e. The number of halogens is 1. The van der Waals surface area contributed by atoms with Crippen LogP contribution in [0.4, 0.5) is 4.79 Å². The molecule has 6 heteroatoms. The molecule has 2 aromatic carbocycles. The highest BCUT2D eigenvalue weighted by Crippen LogP contribution is 2.26. The summed E-state index contributed by atoms with van der Waals surface area (Å²) in [5, 5.41) is 1.72. The van der Waals surface area contributed by atoms with Crippen molar-refractivity contribution in [1.29, 1.82) is 0 Å². The Balaban J connectivity index is 2.02. The van der Waals surface area contributed by atoms with E-state index >= 15 is 0 Å². The molecule has 0 saturated carbocycles. The Kier molecular flexibility index (Phi) is 5.49. The van der Waals surface area contributed by atoms with Gasteiger partial charge in [0.15, 0.2) is 5.75 Å². The zero-order chi connectivity index (χ0) is 15.9. The first-order chi connectivity index (χ1) is 10.6. The average molecular weight is 322 g/mol. The molecule has 0 heterocycles. The Labute approximate surface area is 133 Å². The lowest BCUT2D eigenvalue weighted by atomic mass is 10.3. The Bertz CT molecular complexity index is 630. The van der Waals surface area contributed by atoms with Gasteiger partial charge in [0.1, 0.15) is 11.5 Å². The molecule has 0 aliphatic rings. The molecule has 2 rings (SSSR count). The van der Waals surface area contributed by atoms with Crippen LogP contribution in [0.3, 0.4) is 0 Å². The molecule has 2 aromatic rings. The van der Waals surface area contributed by atoms with Gasteiger partial charge in [0.25, 0.3) is 0 Å². The first-order valence-corrected chi connectivity index (χ1v) is 7.07. The van der Waals surface area contributed by atoms with Crippen molar-refractivity contribution in [2.24, 2.45) is 0 Å². The maximum atomic E-state index is 11.4. The van der Waals surface area contributed by atoms with Crippen LogP contribution in [0.1, 0.15) is 6.92 Å². The Hall–Kier alpha value is -2.40. The summed E-state index contributed by atoms with van der Waals surface area (Å²) in [4.78, 5) is 16.9. The number of methoxy groups -OCH3 is 1. The first-order valence-electron chi connectivity index (χ1n) is 6.69. The highest BCUT2D eigenvalue weighted by Gasteiger charge is 2.13. The van der Waals surface area contributed by atoms with E-state index in [-0.39, 0.29) is 0 Å². The number of benzene rings is 2. The van der Waals surface area contributed by atoms with E-state index in [1.807, 2.05) is 12.1 Å². The van der Waals surface area contributed by atoms with Crippen molar-refractivity contribution in [3.05, 3.63) is 53.6 Å². The Morgan fingerprint density at radius 3 is 2.36 bits per heavy atom. The molecule has 0 saturated heterocycles. The molecule has 0 aromatic heterocycles. The van der Waals surface area contributed by atoms with Gasteiger partial charge in [-0.2, -0.15) is 0 Å². The summed E-state index contributed by atoms with van der Waals surface area (Å²) in [6.45, 7) is 2.15. The molecular weight excluding hydrogens is 306 g/mol. The maximum Gasteiger partial charge on any atom is 0.442 e. The van der Waals surface area contributed by atoms with Crippen LogP contribution < -0.4 is 9.57 Å². The summed E-state index contributed by atoms with van der Waals surface area (Å²) in [5.74, 6) is 1.78. The third-order valence-electron chi connectivity index (χ3n) is 2.74. The number of hydrogen-bond donors (Lipinski definition) is 0. The lowest BCUT2D eigenvalue weighted by Crippen LogP contribution is -2.33. The number of hydroxylamine groups is 2. The van der Waals surface area contributed by atoms with Crippen LogP contribution in [0, 0.1) is 0 Å². The van der Waals surface area contributed by atoms with E-state index in [1.165, 1.54) is 7.11 Å². The van der Waals surface area contributed by atoms with Gasteiger partial charge in [-0.05, 0) is 49.4 Å². The SMILES string of the molecule is CCN(Oc1ccc(Oc2cccc(Cl)c2)cc1)C(=O)OC. The fourth-order valence-corrected chi connectivity index (χ4v) is 1.88. The van der Waals surface area contributed by atoms with Gasteiger partial charge in [-0.25, -0.2) is 4.79 Å². The lowest BCUT2D eigenvalue weighted by molar-refractivity contribution is -0.0381. The van der Waals surface area contributed by atoms with Crippen LogP contribution in [0.5, 0.6) is 17.2 Å². The summed E-state index contributed by atoms with van der Waals surface area (Å²) in [6.07, 6.45) is -0.554. The summed E-state index contributed by atoms with van der Waals surface area (Å²) in [7, 11) is 1.30. The van der Waals surface area contributed by atoms with E-state index < -0.39 is 6.09 Å². The molecule has 116 valence electrons. The van der Waals surface area contributed by atoms with Crippen molar-refractivity contribution in [2.75, 3.05) is 13.7 Å². The zero-order valence-electron chi connectivity index (χ0n) is 12.3. The highest BCUT2D eigenvalue weighted by atomic mass is 35.5. The van der Waals surface area contributed by atoms with Gasteiger partial charge in [-0.3, -0.25) is 0 Å². The molecule has 0 radical (unpaired) electrons. The summed E-state index contributed by atoms with van der Waals surface area (Å²) < 4.78 is 10.3. The minimum absolute atomic E-state index is 0.368. The van der Waals surface area contributed by atoms with Gasteiger partial charge in [-0.1, -0.05) is 17.7 Å². The summed E-state index contributed by atoms with van der Waals surface area (Å²) in [6, 6.07) is 14.0. The molecule has 22 heavy (non-hydrogen) atoms. The van der Waals surface area contributed by atoms with Gasteiger partial charge >= 0.3 is 6.09 Å². The lowest BCUT2D eigenvalue weighted by Gasteiger charge is -2.19. The minimum atomic E-state index is -0.554. The van der Waals surface area contributed by atoms with Crippen molar-refractivity contribution in [3.8, 4) is 17.2 Å². The number of nitrogens with zero attached hydrogens (tertiary/aromatic N) is 1. The molecule has 0 bridgehead atoms. The van der Waals surface area contributed by atoms with E-state index in [1.54, 1.807) is 43.3 Å². The molecule has 0 unspecified atom stereocenters. The molecule has 0 atom stereocenters. The van der Waals surface area contributed by atoms with Crippen LogP contribution in [-0.4, -0.2) is 24.8 Å². The van der Waals surface area contributed by atoms with E-state index in [4.69, 9.17) is 21.2 Å². The predicted octanol–water partition coefficient (Wildman–Crippen LogP) is 4.51. The van der Waals surface area contributed by atoms with Crippen molar-refractivity contribution in [2.45, 2.75) is 6.92 Å². The second kappa shape index (κ2) is 7.56. The molecule has 0 aliphatic carbocycles. The second-order valence-electron chi connectivity index (χ2n) is 4.29. The minimum Gasteiger partial charge on any atom is -0.457 e. The van der Waals surface area contributed by atoms with Gasteiger partial charge in [0.2, 0.25) is 0 Å². The van der Waals surface area contributed by atoms with Gasteiger partial charge in [0, 0.05) is 5.02 Å². The van der Waals surface area contributed by atoms with Crippen LogP contribution >= 0.6 is 11.6 Å². The fourth-order valence-electron chi connectivity index (χ4n) is 1.70. The molecule has 0 spiro atoms. The number of carbonyl (C=O) groups is 1. The topological polar surface area (TPSA) is 48.0 Å². The maximum absolute atomic E-state index is 11.4. The predicted molar refractivity (Wildman–Crippen MR) is 83.4 cm³/mol. The Morgan fingerprint density at radius 1 is 1.09 bits per heavy atom. The van der Waals surface area contributed by atoms with Crippen molar-refractivity contribution in [1.82, 2.24) is 5.06 Å². The van der Waals surface area contributed by atoms with Gasteiger partial charge < -0.3 is 14.3 Å². The molecule has 0 N–H and O–H groups in total. The number of rotatable bonds is 5. The smallest absolute Gasteiger partial charge is 0.442 e.